The van der Waals surface area contributed by atoms with Gasteiger partial charge in [0, 0.05) is 12.2 Å². The second kappa shape index (κ2) is 6.39. The highest BCUT2D eigenvalue weighted by Crippen LogP contribution is 2.13. The summed E-state index contributed by atoms with van der Waals surface area (Å²) < 4.78 is 7.14. The molecule has 0 radical (unpaired) electrons. The van der Waals surface area contributed by atoms with Crippen molar-refractivity contribution in [1.82, 2.24) is 14.8 Å². The van der Waals surface area contributed by atoms with Gasteiger partial charge in [-0.2, -0.15) is 5.10 Å². The molecule has 0 fully saturated rings. The molecule has 0 bridgehead atoms. The fraction of sp³-hybridized carbons (Fsp3) is 0.400. The Balaban J connectivity index is 2.01. The van der Waals surface area contributed by atoms with E-state index in [1.807, 2.05) is 16.9 Å². The molecule has 2 heterocycles. The highest BCUT2D eigenvalue weighted by atomic mass is 16.5. The molecule has 2 aromatic rings. The summed E-state index contributed by atoms with van der Waals surface area (Å²) in [4.78, 5) is 16.1. The smallest absolute Gasteiger partial charge is 0.340 e. The maximum Gasteiger partial charge on any atom is 0.340 e. The molecule has 2 aromatic heterocycles. The first-order valence-corrected chi connectivity index (χ1v) is 6.94. The van der Waals surface area contributed by atoms with E-state index >= 15 is 0 Å². The summed E-state index contributed by atoms with van der Waals surface area (Å²) in [6.07, 6.45) is 4.40. The molecule has 0 aromatic carbocycles. The van der Waals surface area contributed by atoms with Crippen molar-refractivity contribution in [1.29, 1.82) is 0 Å². The minimum atomic E-state index is -0.439. The average molecular weight is 288 g/mol. The maximum atomic E-state index is 12.0. The third kappa shape index (κ3) is 3.59. The lowest BCUT2D eigenvalue weighted by Crippen LogP contribution is -2.10. The number of hydrogen-bond acceptors (Lipinski definition) is 5. The van der Waals surface area contributed by atoms with Gasteiger partial charge < -0.3 is 10.5 Å². The first-order chi connectivity index (χ1) is 10.0. The number of nitrogen functional groups attached to an aromatic ring is 1. The quantitative estimate of drug-likeness (QED) is 0.855. The van der Waals surface area contributed by atoms with Crippen molar-refractivity contribution in [3.63, 3.8) is 0 Å². The molecule has 1 unspecified atom stereocenters. The van der Waals surface area contributed by atoms with Crippen molar-refractivity contribution in [3.8, 4) is 0 Å². The summed E-state index contributed by atoms with van der Waals surface area (Å²) in [5.74, 6) is -0.439. The minimum absolute atomic E-state index is 0.135. The van der Waals surface area contributed by atoms with Gasteiger partial charge in [-0.15, -0.1) is 0 Å². The van der Waals surface area contributed by atoms with Crippen LogP contribution in [-0.2, 0) is 11.3 Å². The largest absolute Gasteiger partial charge is 0.455 e. The van der Waals surface area contributed by atoms with E-state index in [1.54, 1.807) is 13.0 Å². The van der Waals surface area contributed by atoms with Crippen LogP contribution in [0.2, 0.25) is 0 Å². The Morgan fingerprint density at radius 3 is 3.00 bits per heavy atom. The van der Waals surface area contributed by atoms with Gasteiger partial charge in [0.25, 0.3) is 0 Å². The van der Waals surface area contributed by atoms with Crippen molar-refractivity contribution in [2.75, 3.05) is 5.73 Å². The third-order valence-corrected chi connectivity index (χ3v) is 3.39. The molecule has 0 spiro atoms. The zero-order chi connectivity index (χ0) is 15.4. The van der Waals surface area contributed by atoms with Gasteiger partial charge >= 0.3 is 5.97 Å². The number of ether oxygens (including phenoxy) is 1. The van der Waals surface area contributed by atoms with Crippen LogP contribution in [0.25, 0.3) is 0 Å². The highest BCUT2D eigenvalue weighted by molar-refractivity contribution is 5.91. The molecule has 21 heavy (non-hydrogen) atoms. The molecule has 6 nitrogen and oxygen atoms in total. The van der Waals surface area contributed by atoms with Crippen LogP contribution in [0.15, 0.2) is 24.5 Å². The zero-order valence-electron chi connectivity index (χ0n) is 12.5. The maximum absolute atomic E-state index is 12.0. The van der Waals surface area contributed by atoms with Gasteiger partial charge in [-0.25, -0.2) is 4.79 Å². The number of carbonyl (C=O) groups is 1. The Hall–Kier alpha value is -2.37. The minimum Gasteiger partial charge on any atom is -0.455 e. The van der Waals surface area contributed by atoms with Crippen LogP contribution in [-0.4, -0.2) is 20.7 Å². The van der Waals surface area contributed by atoms with Crippen LogP contribution in [0, 0.1) is 6.92 Å². The second-order valence-electron chi connectivity index (χ2n) is 5.02. The van der Waals surface area contributed by atoms with Crippen molar-refractivity contribution in [2.24, 2.45) is 0 Å². The lowest BCUT2D eigenvalue weighted by atomic mass is 10.2. The Kier molecular flexibility index (Phi) is 4.57. The molecule has 0 amide bonds. The molecule has 0 saturated heterocycles. The molecule has 1 atom stereocenters. The van der Waals surface area contributed by atoms with Crippen LogP contribution in [0.3, 0.4) is 0 Å². The van der Waals surface area contributed by atoms with E-state index in [0.717, 1.165) is 12.1 Å². The van der Waals surface area contributed by atoms with Crippen LogP contribution in [0.4, 0.5) is 5.69 Å². The van der Waals surface area contributed by atoms with Crippen LogP contribution in [0.5, 0.6) is 0 Å². The lowest BCUT2D eigenvalue weighted by Gasteiger charge is -2.08. The van der Waals surface area contributed by atoms with Gasteiger partial charge in [-0.3, -0.25) is 9.67 Å². The van der Waals surface area contributed by atoms with Gasteiger partial charge in [0.15, 0.2) is 0 Å². The van der Waals surface area contributed by atoms with Gasteiger partial charge in [-0.05, 0) is 32.4 Å². The van der Waals surface area contributed by atoms with Crippen LogP contribution >= 0.6 is 0 Å². The number of aromatic nitrogens is 3. The molecule has 112 valence electrons. The lowest BCUT2D eigenvalue weighted by molar-refractivity contribution is 0.0465. The fourth-order valence-electron chi connectivity index (χ4n) is 1.86. The van der Waals surface area contributed by atoms with Crippen LogP contribution < -0.4 is 5.73 Å². The first kappa shape index (κ1) is 15.0. The summed E-state index contributed by atoms with van der Waals surface area (Å²) in [5.41, 5.74) is 7.78. The average Bonchev–Trinajstić information content (AvgIpc) is 2.95. The Labute approximate surface area is 123 Å². The monoisotopic (exact) mass is 288 g/mol. The molecule has 2 N–H and O–H groups in total. The number of pyridine rings is 1. The van der Waals surface area contributed by atoms with E-state index in [1.165, 1.54) is 6.20 Å². The topological polar surface area (TPSA) is 83.0 Å². The van der Waals surface area contributed by atoms with E-state index in [-0.39, 0.29) is 6.61 Å². The molecular weight excluding hydrogens is 268 g/mol. The third-order valence-electron chi connectivity index (χ3n) is 3.39. The SMILES string of the molecule is CCC(C)n1ccc(COC(=O)c2cc(N)cnc2C)n1. The van der Waals surface area contributed by atoms with Crippen LogP contribution in [0.1, 0.15) is 48.1 Å². The summed E-state index contributed by atoms with van der Waals surface area (Å²) in [6.45, 7) is 6.07. The van der Waals surface area contributed by atoms with E-state index < -0.39 is 5.97 Å². The Bertz CT molecular complexity index is 636. The van der Waals surface area contributed by atoms with Gasteiger partial charge in [0.2, 0.25) is 0 Å². The molecule has 2 rings (SSSR count). The number of rotatable bonds is 5. The number of aryl methyl sites for hydroxylation is 1. The normalized spacial score (nSPS) is 12.1. The number of hydrogen-bond donors (Lipinski definition) is 1. The molecule has 0 aliphatic heterocycles. The molecule has 0 saturated carbocycles. The van der Waals surface area contributed by atoms with Crippen molar-refractivity contribution in [3.05, 3.63) is 41.5 Å². The summed E-state index contributed by atoms with van der Waals surface area (Å²) in [7, 11) is 0. The Morgan fingerprint density at radius 1 is 1.52 bits per heavy atom. The molecule has 0 aliphatic rings. The predicted molar refractivity (Wildman–Crippen MR) is 79.7 cm³/mol. The number of nitrogens with zero attached hydrogens (tertiary/aromatic N) is 3. The number of carbonyl (C=O) groups excluding carboxylic acids is 1. The van der Waals surface area contributed by atoms with E-state index in [9.17, 15) is 4.79 Å². The molecule has 0 aliphatic carbocycles. The first-order valence-electron chi connectivity index (χ1n) is 6.94. The van der Waals surface area contributed by atoms with E-state index in [4.69, 9.17) is 10.5 Å². The molecule has 6 heteroatoms. The number of anilines is 1. The van der Waals surface area contributed by atoms with E-state index in [0.29, 0.717) is 23.0 Å². The number of nitrogens with two attached hydrogens (primary N) is 1. The van der Waals surface area contributed by atoms with Gasteiger partial charge in [0.1, 0.15) is 6.61 Å². The highest BCUT2D eigenvalue weighted by Gasteiger charge is 2.13. The summed E-state index contributed by atoms with van der Waals surface area (Å²) in [5, 5.41) is 4.39. The van der Waals surface area contributed by atoms with Gasteiger partial charge in [0.05, 0.1) is 28.8 Å². The van der Waals surface area contributed by atoms with Crippen molar-refractivity contribution in [2.45, 2.75) is 39.8 Å². The second-order valence-corrected chi connectivity index (χ2v) is 5.02. The van der Waals surface area contributed by atoms with Gasteiger partial charge in [-0.1, -0.05) is 6.92 Å². The zero-order valence-corrected chi connectivity index (χ0v) is 12.5. The standard InChI is InChI=1S/C15H20N4O2/c1-4-10(2)19-6-5-13(18-19)9-21-15(20)14-7-12(16)8-17-11(14)3/h5-8,10H,4,9,16H2,1-3H3. The molecular formula is C15H20N4O2. The van der Waals surface area contributed by atoms with E-state index in [2.05, 4.69) is 23.9 Å². The number of esters is 1. The predicted octanol–water partition coefficient (Wildman–Crippen LogP) is 2.50. The fourth-order valence-corrected chi connectivity index (χ4v) is 1.86. The van der Waals surface area contributed by atoms with Crippen molar-refractivity contribution < 1.29 is 9.53 Å². The summed E-state index contributed by atoms with van der Waals surface area (Å²) in [6, 6.07) is 3.75. The summed E-state index contributed by atoms with van der Waals surface area (Å²) >= 11 is 0. The Morgan fingerprint density at radius 2 is 2.29 bits per heavy atom. The van der Waals surface area contributed by atoms with Crippen molar-refractivity contribution >= 4 is 11.7 Å².